The Bertz CT molecular complexity index is 926. The van der Waals surface area contributed by atoms with Gasteiger partial charge in [-0.2, -0.15) is 0 Å². The van der Waals surface area contributed by atoms with Crippen LogP contribution < -0.4 is 0 Å². The second kappa shape index (κ2) is 8.80. The van der Waals surface area contributed by atoms with Crippen LogP contribution in [0.2, 0.25) is 5.02 Å². The smallest absolute Gasteiger partial charge is 0.127 e. The van der Waals surface area contributed by atoms with Gasteiger partial charge in [0.1, 0.15) is 5.82 Å². The maximum absolute atomic E-state index is 6.33. The minimum absolute atomic E-state index is 0.344. The number of pyridine rings is 1. The zero-order valence-corrected chi connectivity index (χ0v) is 16.9. The number of nitrogens with zero attached hydrogens (tertiary/aromatic N) is 4. The third-order valence-electron chi connectivity index (χ3n) is 5.32. The van der Waals surface area contributed by atoms with Crippen molar-refractivity contribution in [1.29, 1.82) is 0 Å². The molecular weight excluding hydrogens is 368 g/mol. The van der Waals surface area contributed by atoms with Gasteiger partial charge < -0.3 is 0 Å². The Labute approximate surface area is 171 Å². The molecule has 4 nitrogen and oxygen atoms in total. The van der Waals surface area contributed by atoms with Crippen LogP contribution in [-0.2, 0) is 19.4 Å². The normalized spacial score (nSPS) is 17.1. The highest BCUT2D eigenvalue weighted by Gasteiger charge is 2.27. The van der Waals surface area contributed by atoms with E-state index < -0.39 is 0 Å². The zero-order valence-electron chi connectivity index (χ0n) is 16.2. The molecule has 5 heteroatoms. The Morgan fingerprint density at radius 1 is 1.07 bits per heavy atom. The number of rotatable bonds is 6. The highest BCUT2D eigenvalue weighted by molar-refractivity contribution is 6.31. The molecule has 0 saturated carbocycles. The fraction of sp³-hybridized carbons (Fsp3) is 0.348. The van der Waals surface area contributed by atoms with E-state index in [2.05, 4.69) is 46.1 Å². The highest BCUT2D eigenvalue weighted by atomic mass is 35.5. The summed E-state index contributed by atoms with van der Waals surface area (Å²) in [6.07, 6.45) is 7.87. The van der Waals surface area contributed by atoms with E-state index in [-0.39, 0.29) is 0 Å². The van der Waals surface area contributed by atoms with Crippen molar-refractivity contribution in [2.24, 2.45) is 0 Å². The summed E-state index contributed by atoms with van der Waals surface area (Å²) >= 11 is 6.33. The average molecular weight is 393 g/mol. The Morgan fingerprint density at radius 2 is 1.89 bits per heavy atom. The van der Waals surface area contributed by atoms with Crippen LogP contribution in [0.1, 0.15) is 54.1 Å². The minimum Gasteiger partial charge on any atom is -0.290 e. The van der Waals surface area contributed by atoms with Gasteiger partial charge in [0.2, 0.25) is 0 Å². The van der Waals surface area contributed by atoms with Crippen molar-refractivity contribution in [2.45, 2.75) is 45.2 Å². The van der Waals surface area contributed by atoms with Gasteiger partial charge in [0.05, 0.1) is 11.7 Å². The molecule has 0 N–H and O–H groups in total. The van der Waals surface area contributed by atoms with Crippen LogP contribution in [0.5, 0.6) is 0 Å². The second-order valence-electron chi connectivity index (χ2n) is 7.31. The van der Waals surface area contributed by atoms with Crippen LogP contribution in [0.3, 0.4) is 0 Å². The SMILES string of the molecule is CCc1ncc(CN2CCCC2c2cccc(Cc3ccccc3Cl)n2)cn1. The largest absolute Gasteiger partial charge is 0.290 e. The Kier molecular flexibility index (Phi) is 5.98. The van der Waals surface area contributed by atoms with E-state index in [0.717, 1.165) is 65.7 Å². The van der Waals surface area contributed by atoms with Gasteiger partial charge in [-0.25, -0.2) is 9.97 Å². The molecule has 0 bridgehead atoms. The third-order valence-corrected chi connectivity index (χ3v) is 5.69. The van der Waals surface area contributed by atoms with Crippen LogP contribution in [0.4, 0.5) is 0 Å². The molecule has 28 heavy (non-hydrogen) atoms. The first-order chi connectivity index (χ1) is 13.7. The lowest BCUT2D eigenvalue weighted by molar-refractivity contribution is 0.243. The molecule has 1 aromatic carbocycles. The maximum Gasteiger partial charge on any atom is 0.127 e. The van der Waals surface area contributed by atoms with Gasteiger partial charge in [0.25, 0.3) is 0 Å². The zero-order chi connectivity index (χ0) is 19.3. The molecule has 1 unspecified atom stereocenters. The molecule has 3 heterocycles. The molecule has 2 aromatic heterocycles. The molecule has 0 aliphatic carbocycles. The molecule has 1 saturated heterocycles. The van der Waals surface area contributed by atoms with Crippen LogP contribution >= 0.6 is 11.6 Å². The number of hydrogen-bond donors (Lipinski definition) is 0. The van der Waals surface area contributed by atoms with Gasteiger partial charge in [0.15, 0.2) is 0 Å². The molecule has 1 atom stereocenters. The predicted molar refractivity (Wildman–Crippen MR) is 112 cm³/mol. The molecule has 3 aromatic rings. The van der Waals surface area contributed by atoms with Gasteiger partial charge in [-0.1, -0.05) is 42.8 Å². The van der Waals surface area contributed by atoms with E-state index in [9.17, 15) is 0 Å². The molecule has 0 spiro atoms. The Hall–Kier alpha value is -2.30. The second-order valence-corrected chi connectivity index (χ2v) is 7.72. The van der Waals surface area contributed by atoms with Gasteiger partial charge in [0, 0.05) is 48.1 Å². The summed E-state index contributed by atoms with van der Waals surface area (Å²) < 4.78 is 0. The van der Waals surface area contributed by atoms with Crippen molar-refractivity contribution in [1.82, 2.24) is 19.9 Å². The van der Waals surface area contributed by atoms with Crippen LogP contribution in [0, 0.1) is 0 Å². The number of likely N-dealkylation sites (tertiary alicyclic amines) is 1. The first kappa shape index (κ1) is 19.0. The van der Waals surface area contributed by atoms with Crippen molar-refractivity contribution in [3.05, 3.63) is 88.2 Å². The Morgan fingerprint density at radius 3 is 2.68 bits per heavy atom. The number of halogens is 1. The summed E-state index contributed by atoms with van der Waals surface area (Å²) in [5, 5.41) is 0.799. The van der Waals surface area contributed by atoms with Crippen molar-refractivity contribution in [3.8, 4) is 0 Å². The summed E-state index contributed by atoms with van der Waals surface area (Å²) in [6.45, 7) is 4.02. The first-order valence-corrected chi connectivity index (χ1v) is 10.3. The molecule has 4 rings (SSSR count). The summed E-state index contributed by atoms with van der Waals surface area (Å²) in [4.78, 5) is 16.4. The topological polar surface area (TPSA) is 41.9 Å². The van der Waals surface area contributed by atoms with E-state index in [1.165, 1.54) is 6.42 Å². The van der Waals surface area contributed by atoms with Crippen molar-refractivity contribution < 1.29 is 0 Å². The van der Waals surface area contributed by atoms with Crippen LogP contribution in [-0.4, -0.2) is 26.4 Å². The minimum atomic E-state index is 0.344. The molecule has 1 fully saturated rings. The number of aryl methyl sites for hydroxylation is 1. The highest BCUT2D eigenvalue weighted by Crippen LogP contribution is 2.32. The Balaban J connectivity index is 1.50. The van der Waals surface area contributed by atoms with Gasteiger partial charge >= 0.3 is 0 Å². The van der Waals surface area contributed by atoms with Crippen LogP contribution in [0.25, 0.3) is 0 Å². The van der Waals surface area contributed by atoms with Gasteiger partial charge in [-0.05, 0) is 43.1 Å². The van der Waals surface area contributed by atoms with E-state index in [1.807, 2.05) is 30.6 Å². The molecule has 1 aliphatic heterocycles. The van der Waals surface area contributed by atoms with Gasteiger partial charge in [-0.15, -0.1) is 0 Å². The standard InChI is InChI=1S/C23H25ClN4/c1-2-23-25-14-17(15-26-23)16-28-12-6-11-22(28)21-10-5-8-19(27-21)13-18-7-3-4-9-20(18)24/h3-5,7-10,14-15,22H,2,6,11-13,16H2,1H3. The number of benzene rings is 1. The molecule has 144 valence electrons. The summed E-state index contributed by atoms with van der Waals surface area (Å²) in [7, 11) is 0. The third kappa shape index (κ3) is 4.40. The fourth-order valence-electron chi connectivity index (χ4n) is 3.85. The van der Waals surface area contributed by atoms with Gasteiger partial charge in [-0.3, -0.25) is 9.88 Å². The quantitative estimate of drug-likeness (QED) is 0.591. The van der Waals surface area contributed by atoms with E-state index >= 15 is 0 Å². The van der Waals surface area contributed by atoms with Crippen molar-refractivity contribution in [3.63, 3.8) is 0 Å². The summed E-state index contributed by atoms with van der Waals surface area (Å²) in [5.41, 5.74) is 4.49. The summed E-state index contributed by atoms with van der Waals surface area (Å²) in [5.74, 6) is 0.899. The van der Waals surface area contributed by atoms with Crippen LogP contribution in [0.15, 0.2) is 54.9 Å². The number of aromatic nitrogens is 3. The number of hydrogen-bond acceptors (Lipinski definition) is 4. The first-order valence-electron chi connectivity index (χ1n) is 9.96. The maximum atomic E-state index is 6.33. The van der Waals surface area contributed by atoms with Crippen molar-refractivity contribution >= 4 is 11.6 Å². The lowest BCUT2D eigenvalue weighted by atomic mass is 10.1. The lowest BCUT2D eigenvalue weighted by Gasteiger charge is -2.24. The van der Waals surface area contributed by atoms with E-state index in [4.69, 9.17) is 16.6 Å². The average Bonchev–Trinajstić information content (AvgIpc) is 3.19. The molecule has 0 radical (unpaired) electrons. The van der Waals surface area contributed by atoms with E-state index in [1.54, 1.807) is 0 Å². The molecule has 1 aliphatic rings. The lowest BCUT2D eigenvalue weighted by Crippen LogP contribution is -2.24. The summed E-state index contributed by atoms with van der Waals surface area (Å²) in [6, 6.07) is 14.7. The molecular formula is C23H25ClN4. The predicted octanol–water partition coefficient (Wildman–Crippen LogP) is 5.02. The van der Waals surface area contributed by atoms with Crippen molar-refractivity contribution in [2.75, 3.05) is 6.54 Å². The fourth-order valence-corrected chi connectivity index (χ4v) is 4.05. The monoisotopic (exact) mass is 392 g/mol. The van der Waals surface area contributed by atoms with E-state index in [0.29, 0.717) is 6.04 Å². The molecule has 0 amide bonds.